The summed E-state index contributed by atoms with van der Waals surface area (Å²) in [5.41, 5.74) is 0. The van der Waals surface area contributed by atoms with Crippen molar-refractivity contribution in [2.45, 2.75) is 77.8 Å². The van der Waals surface area contributed by atoms with Crippen LogP contribution in [-0.2, 0) is 0 Å². The molecule has 0 aliphatic carbocycles. The first-order valence-corrected chi connectivity index (χ1v) is 21.6. The summed E-state index contributed by atoms with van der Waals surface area (Å²) in [6.45, 7) is 14.5. The standard InChI is InChI=1S/C34H40S2Si2/c1-7-37(8-2,9-3)31-21-23-13-15-27-25-18-20-30-28(26(25)17-19-29(27)33(23)35-31)16-14-24-22-32(36-34(24)30)38(10-4,11-5)12-6/h13-22H,7-12H2,1-6H3. The highest BCUT2D eigenvalue weighted by Crippen LogP contribution is 2.40. The first kappa shape index (κ1) is 26.2. The molecule has 0 saturated carbocycles. The zero-order valence-corrected chi connectivity index (χ0v) is 27.5. The Hall–Kier alpha value is -1.99. The van der Waals surface area contributed by atoms with E-state index >= 15 is 0 Å². The molecule has 0 fully saturated rings. The molecule has 0 atom stereocenters. The van der Waals surface area contributed by atoms with Crippen molar-refractivity contribution in [2.75, 3.05) is 0 Å². The van der Waals surface area contributed by atoms with Gasteiger partial charge in [-0.3, -0.25) is 0 Å². The van der Waals surface area contributed by atoms with Crippen molar-refractivity contribution in [1.29, 1.82) is 0 Å². The minimum absolute atomic E-state index is 1.34. The summed E-state index contributed by atoms with van der Waals surface area (Å²) in [7, 11) is -2.76. The highest BCUT2D eigenvalue weighted by Gasteiger charge is 2.32. The van der Waals surface area contributed by atoms with Gasteiger partial charge in [0.25, 0.3) is 0 Å². The van der Waals surface area contributed by atoms with Crippen molar-refractivity contribution >= 4 is 100 Å². The molecule has 0 aliphatic rings. The zero-order chi connectivity index (χ0) is 26.7. The van der Waals surface area contributed by atoms with Gasteiger partial charge in [-0.15, -0.1) is 22.7 Å². The van der Waals surface area contributed by atoms with Crippen molar-refractivity contribution in [3.05, 3.63) is 60.7 Å². The van der Waals surface area contributed by atoms with Crippen LogP contribution in [0.5, 0.6) is 0 Å². The average molecular weight is 569 g/mol. The zero-order valence-electron chi connectivity index (χ0n) is 23.8. The molecule has 0 unspecified atom stereocenters. The van der Waals surface area contributed by atoms with Crippen molar-refractivity contribution in [3.8, 4) is 0 Å². The summed E-state index contributed by atoms with van der Waals surface area (Å²) in [4.78, 5) is 0. The number of thiophene rings is 2. The van der Waals surface area contributed by atoms with Crippen LogP contribution in [0.2, 0.25) is 36.3 Å². The molecule has 2 heterocycles. The Balaban J connectivity index is 1.57. The van der Waals surface area contributed by atoms with Crippen LogP contribution in [-0.4, -0.2) is 16.1 Å². The third kappa shape index (κ3) is 3.71. The van der Waals surface area contributed by atoms with E-state index in [-0.39, 0.29) is 0 Å². The molecule has 0 spiro atoms. The van der Waals surface area contributed by atoms with E-state index in [4.69, 9.17) is 0 Å². The number of hydrogen-bond donors (Lipinski definition) is 0. The van der Waals surface area contributed by atoms with E-state index in [0.717, 1.165) is 0 Å². The average Bonchev–Trinajstić information content (AvgIpc) is 3.61. The monoisotopic (exact) mass is 568 g/mol. The molecule has 4 heteroatoms. The molecule has 2 aromatic heterocycles. The minimum atomic E-state index is -1.38. The van der Waals surface area contributed by atoms with Gasteiger partial charge in [0.15, 0.2) is 0 Å². The van der Waals surface area contributed by atoms with Crippen LogP contribution >= 0.6 is 22.7 Å². The second-order valence-corrected chi connectivity index (χ2v) is 24.6. The van der Waals surface area contributed by atoms with Crippen LogP contribution in [0.15, 0.2) is 60.7 Å². The smallest absolute Gasteiger partial charge is 0.0987 e. The molecule has 0 radical (unpaired) electrons. The molecular weight excluding hydrogens is 529 g/mol. The van der Waals surface area contributed by atoms with Crippen LogP contribution in [0.25, 0.3) is 52.5 Å². The SMILES string of the molecule is CC[Si](CC)(CC)c1cc2ccc3c4ccc5c(ccc6cc([Si](CC)(CC)CC)sc65)c4ccc3c2s1. The van der Waals surface area contributed by atoms with Gasteiger partial charge in [-0.25, -0.2) is 0 Å². The number of rotatable bonds is 8. The van der Waals surface area contributed by atoms with Gasteiger partial charge in [0.1, 0.15) is 0 Å². The summed E-state index contributed by atoms with van der Waals surface area (Å²) in [5.74, 6) is 0. The van der Waals surface area contributed by atoms with E-state index in [1.54, 1.807) is 9.00 Å². The van der Waals surface area contributed by atoms with Crippen LogP contribution in [0.3, 0.4) is 0 Å². The first-order valence-electron chi connectivity index (χ1n) is 14.7. The van der Waals surface area contributed by atoms with Gasteiger partial charge in [-0.1, -0.05) is 126 Å². The number of fused-ring (bicyclic) bond motifs is 9. The topological polar surface area (TPSA) is 0 Å². The van der Waals surface area contributed by atoms with Gasteiger partial charge in [0, 0.05) is 20.2 Å². The predicted octanol–water partition coefficient (Wildman–Crippen LogP) is 11.0. The van der Waals surface area contributed by atoms with E-state index in [0.29, 0.717) is 0 Å². The molecule has 6 aromatic rings. The maximum Gasteiger partial charge on any atom is 0.0987 e. The van der Waals surface area contributed by atoms with Crippen LogP contribution in [0.1, 0.15) is 41.5 Å². The fourth-order valence-electron chi connectivity index (χ4n) is 7.10. The third-order valence-electron chi connectivity index (χ3n) is 10.3. The fraction of sp³-hybridized carbons (Fsp3) is 0.353. The van der Waals surface area contributed by atoms with Crippen molar-refractivity contribution in [2.24, 2.45) is 0 Å². The van der Waals surface area contributed by atoms with E-state index in [1.165, 1.54) is 88.8 Å². The van der Waals surface area contributed by atoms with Gasteiger partial charge < -0.3 is 0 Å². The molecule has 0 aliphatic heterocycles. The lowest BCUT2D eigenvalue weighted by molar-refractivity contribution is 1.20. The second kappa shape index (κ2) is 9.89. The molecule has 38 heavy (non-hydrogen) atoms. The molecule has 0 nitrogen and oxygen atoms in total. The largest absolute Gasteiger partial charge is 0.144 e. The lowest BCUT2D eigenvalue weighted by Gasteiger charge is -2.26. The summed E-state index contributed by atoms with van der Waals surface area (Å²) in [6.07, 6.45) is 0. The lowest BCUT2D eigenvalue weighted by atomic mass is 9.96. The molecule has 4 aromatic carbocycles. The maximum atomic E-state index is 2.55. The first-order chi connectivity index (χ1) is 18.5. The van der Waals surface area contributed by atoms with Gasteiger partial charge in [-0.2, -0.15) is 0 Å². The maximum absolute atomic E-state index is 2.55. The normalized spacial score (nSPS) is 13.1. The summed E-state index contributed by atoms with van der Waals surface area (Å²) in [5, 5.41) is 11.3. The molecule has 0 amide bonds. The molecule has 0 N–H and O–H groups in total. The van der Waals surface area contributed by atoms with Crippen LogP contribution in [0.4, 0.5) is 0 Å². The minimum Gasteiger partial charge on any atom is -0.144 e. The molecule has 6 rings (SSSR count). The highest BCUT2D eigenvalue weighted by molar-refractivity contribution is 7.33. The van der Waals surface area contributed by atoms with Gasteiger partial charge in [-0.05, 0) is 53.5 Å². The van der Waals surface area contributed by atoms with Crippen molar-refractivity contribution in [1.82, 2.24) is 0 Å². The molecule has 196 valence electrons. The van der Waals surface area contributed by atoms with Gasteiger partial charge in [0.05, 0.1) is 16.1 Å². The van der Waals surface area contributed by atoms with Crippen LogP contribution in [0, 0.1) is 0 Å². The second-order valence-electron chi connectivity index (χ2n) is 11.3. The predicted molar refractivity (Wildman–Crippen MR) is 183 cm³/mol. The third-order valence-corrected chi connectivity index (χ3v) is 26.0. The Bertz CT molecular complexity index is 1650. The highest BCUT2D eigenvalue weighted by atomic mass is 32.1. The summed E-state index contributed by atoms with van der Waals surface area (Å²) in [6, 6.07) is 32.4. The fourth-order valence-corrected chi connectivity index (χ4v) is 19.9. The van der Waals surface area contributed by atoms with E-state index in [2.05, 4.69) is 125 Å². The molecule has 0 saturated heterocycles. The Morgan fingerprint density at radius 3 is 1.05 bits per heavy atom. The quantitative estimate of drug-likeness (QED) is 0.126. The van der Waals surface area contributed by atoms with Crippen LogP contribution < -0.4 is 9.00 Å². The lowest BCUT2D eigenvalue weighted by Crippen LogP contribution is -2.43. The Kier molecular flexibility index (Phi) is 6.83. The van der Waals surface area contributed by atoms with Crippen molar-refractivity contribution < 1.29 is 0 Å². The summed E-state index contributed by atoms with van der Waals surface area (Å²) >= 11 is 4.20. The van der Waals surface area contributed by atoms with E-state index < -0.39 is 16.1 Å². The Labute approximate surface area is 237 Å². The van der Waals surface area contributed by atoms with Gasteiger partial charge in [0.2, 0.25) is 0 Å². The Morgan fingerprint density at radius 1 is 0.421 bits per heavy atom. The Morgan fingerprint density at radius 2 is 0.711 bits per heavy atom. The summed E-state index contributed by atoms with van der Waals surface area (Å²) < 4.78 is 6.39. The number of benzene rings is 4. The van der Waals surface area contributed by atoms with Crippen molar-refractivity contribution in [3.63, 3.8) is 0 Å². The van der Waals surface area contributed by atoms with E-state index in [9.17, 15) is 0 Å². The number of hydrogen-bond acceptors (Lipinski definition) is 2. The van der Waals surface area contributed by atoms with E-state index in [1.807, 2.05) is 0 Å². The molecular formula is C34H40S2Si2. The molecule has 0 bridgehead atoms. The van der Waals surface area contributed by atoms with Gasteiger partial charge >= 0.3 is 0 Å².